The Morgan fingerprint density at radius 2 is 2.17 bits per heavy atom. The molecule has 2 aromatic rings. The van der Waals surface area contributed by atoms with Crippen LogP contribution in [0.3, 0.4) is 0 Å². The highest BCUT2D eigenvalue weighted by Crippen LogP contribution is 2.24. The molecule has 3 rings (SSSR count). The van der Waals surface area contributed by atoms with E-state index in [0.717, 1.165) is 36.1 Å². The first-order valence-electron chi connectivity index (χ1n) is 7.48. The summed E-state index contributed by atoms with van der Waals surface area (Å²) in [5.41, 5.74) is 1.36. The molecule has 1 saturated heterocycles. The molecule has 1 aromatic carbocycles. The van der Waals surface area contributed by atoms with Crippen molar-refractivity contribution in [1.82, 2.24) is 9.71 Å². The lowest BCUT2D eigenvalue weighted by molar-refractivity contribution is 0.466. The van der Waals surface area contributed by atoms with Gasteiger partial charge < -0.3 is 4.90 Å². The maximum absolute atomic E-state index is 11.4. The largest absolute Gasteiger partial charge is 0.355 e. The summed E-state index contributed by atoms with van der Waals surface area (Å²) in [4.78, 5) is 6.68. The predicted molar refractivity (Wildman–Crippen MR) is 89.7 cm³/mol. The first-order valence-corrected chi connectivity index (χ1v) is 9.37. The Morgan fingerprint density at radius 1 is 1.39 bits per heavy atom. The van der Waals surface area contributed by atoms with E-state index in [1.165, 1.54) is 6.26 Å². The van der Waals surface area contributed by atoms with Gasteiger partial charge in [-0.25, -0.2) is 18.1 Å². The Bertz CT molecular complexity index is 873. The van der Waals surface area contributed by atoms with E-state index in [1.54, 1.807) is 6.07 Å². The highest BCUT2D eigenvalue weighted by Gasteiger charge is 2.23. The van der Waals surface area contributed by atoms with E-state index >= 15 is 0 Å². The zero-order valence-corrected chi connectivity index (χ0v) is 13.7. The first-order chi connectivity index (χ1) is 11.0. The topological polar surface area (TPSA) is 86.1 Å². The number of piperidine rings is 1. The Balaban J connectivity index is 1.92. The van der Waals surface area contributed by atoms with Crippen LogP contribution in [0.2, 0.25) is 0 Å². The fourth-order valence-corrected chi connectivity index (χ4v) is 3.80. The van der Waals surface area contributed by atoms with Gasteiger partial charge in [0.15, 0.2) is 0 Å². The molecule has 0 unspecified atom stereocenters. The van der Waals surface area contributed by atoms with Crippen molar-refractivity contribution in [2.75, 3.05) is 24.2 Å². The van der Waals surface area contributed by atoms with Crippen LogP contribution in [0.4, 0.5) is 5.82 Å². The van der Waals surface area contributed by atoms with Crippen LogP contribution in [0.5, 0.6) is 0 Å². The molecule has 1 N–H and O–H groups in total. The second kappa shape index (κ2) is 6.14. The van der Waals surface area contributed by atoms with Crippen molar-refractivity contribution >= 4 is 26.7 Å². The van der Waals surface area contributed by atoms with Crippen molar-refractivity contribution in [2.24, 2.45) is 0 Å². The monoisotopic (exact) mass is 330 g/mol. The van der Waals surface area contributed by atoms with Crippen LogP contribution >= 0.6 is 0 Å². The van der Waals surface area contributed by atoms with Crippen LogP contribution in [0, 0.1) is 11.3 Å². The van der Waals surface area contributed by atoms with E-state index < -0.39 is 10.0 Å². The summed E-state index contributed by atoms with van der Waals surface area (Å²) in [5.74, 6) is 0.722. The average Bonchev–Trinajstić information content (AvgIpc) is 2.52. The second-order valence-electron chi connectivity index (χ2n) is 5.83. The number of hydrogen-bond acceptors (Lipinski definition) is 5. The van der Waals surface area contributed by atoms with Crippen LogP contribution in [-0.2, 0) is 10.0 Å². The van der Waals surface area contributed by atoms with Gasteiger partial charge in [-0.15, -0.1) is 0 Å². The van der Waals surface area contributed by atoms with Gasteiger partial charge in [-0.1, -0.05) is 18.2 Å². The smallest absolute Gasteiger partial charge is 0.209 e. The van der Waals surface area contributed by atoms with Gasteiger partial charge in [0.1, 0.15) is 5.82 Å². The van der Waals surface area contributed by atoms with Crippen molar-refractivity contribution in [3.05, 3.63) is 35.9 Å². The number of anilines is 1. The van der Waals surface area contributed by atoms with Crippen LogP contribution in [0.25, 0.3) is 10.9 Å². The van der Waals surface area contributed by atoms with E-state index in [0.29, 0.717) is 12.1 Å². The molecule has 0 radical (unpaired) electrons. The summed E-state index contributed by atoms with van der Waals surface area (Å²) in [5, 5.41) is 10.2. The Kier molecular flexibility index (Phi) is 4.20. The minimum absolute atomic E-state index is 0.127. The van der Waals surface area contributed by atoms with Crippen LogP contribution < -0.4 is 9.62 Å². The summed E-state index contributed by atoms with van der Waals surface area (Å²) in [6, 6.07) is 11.4. The van der Waals surface area contributed by atoms with E-state index in [2.05, 4.69) is 15.8 Å². The van der Waals surface area contributed by atoms with Crippen molar-refractivity contribution in [2.45, 2.75) is 18.9 Å². The van der Waals surface area contributed by atoms with Crippen molar-refractivity contribution in [3.8, 4) is 6.07 Å². The number of nitriles is 1. The normalized spacial score (nSPS) is 18.8. The van der Waals surface area contributed by atoms with Crippen LogP contribution in [0.15, 0.2) is 30.3 Å². The minimum atomic E-state index is -3.23. The molecule has 120 valence electrons. The number of nitrogens with one attached hydrogen (secondary N) is 1. The van der Waals surface area contributed by atoms with Gasteiger partial charge >= 0.3 is 0 Å². The quantitative estimate of drug-likeness (QED) is 0.924. The van der Waals surface area contributed by atoms with Crippen molar-refractivity contribution in [3.63, 3.8) is 0 Å². The molecule has 1 aliphatic heterocycles. The standard InChI is InChI=1S/C16H18N4O2S/c1-23(21,22)19-13-5-4-8-20(11-13)16-9-12(10-17)14-6-2-3-7-15(14)18-16/h2-3,6-7,9,13,19H,4-5,8,11H2,1H3/t13-/m0/s1. The van der Waals surface area contributed by atoms with E-state index in [9.17, 15) is 13.7 Å². The molecule has 2 heterocycles. The zero-order chi connectivity index (χ0) is 16.4. The molecule has 0 bridgehead atoms. The van der Waals surface area contributed by atoms with Gasteiger partial charge in [0, 0.05) is 24.5 Å². The molecule has 7 heteroatoms. The third kappa shape index (κ3) is 3.60. The second-order valence-corrected chi connectivity index (χ2v) is 7.61. The fourth-order valence-electron chi connectivity index (χ4n) is 3.00. The Labute approximate surface area is 135 Å². The molecule has 1 aliphatic rings. The van der Waals surface area contributed by atoms with Gasteiger partial charge in [-0.05, 0) is 25.0 Å². The molecule has 6 nitrogen and oxygen atoms in total. The Morgan fingerprint density at radius 3 is 2.91 bits per heavy atom. The summed E-state index contributed by atoms with van der Waals surface area (Å²) in [7, 11) is -3.23. The molecule has 0 saturated carbocycles. The number of rotatable bonds is 3. The van der Waals surface area contributed by atoms with Crippen molar-refractivity contribution < 1.29 is 8.42 Å². The van der Waals surface area contributed by atoms with E-state index in [4.69, 9.17) is 0 Å². The molecule has 23 heavy (non-hydrogen) atoms. The third-order valence-electron chi connectivity index (χ3n) is 3.95. The molecule has 0 aliphatic carbocycles. The molecule has 1 atom stereocenters. The zero-order valence-electron chi connectivity index (χ0n) is 12.9. The van der Waals surface area contributed by atoms with Gasteiger partial charge in [-0.3, -0.25) is 0 Å². The molecule has 1 aromatic heterocycles. The predicted octanol–water partition coefficient (Wildman–Crippen LogP) is 1.62. The summed E-state index contributed by atoms with van der Waals surface area (Å²) < 4.78 is 25.5. The highest BCUT2D eigenvalue weighted by atomic mass is 32.2. The first kappa shape index (κ1) is 15.7. The summed E-state index contributed by atoms with van der Waals surface area (Å²) in [6.45, 7) is 1.36. The van der Waals surface area contributed by atoms with E-state index in [-0.39, 0.29) is 6.04 Å². The maximum atomic E-state index is 11.4. The number of para-hydroxylation sites is 1. The van der Waals surface area contributed by atoms with Crippen LogP contribution in [0.1, 0.15) is 18.4 Å². The fraction of sp³-hybridized carbons (Fsp3) is 0.375. The lowest BCUT2D eigenvalue weighted by Gasteiger charge is -2.33. The molecule has 0 spiro atoms. The number of pyridine rings is 1. The van der Waals surface area contributed by atoms with Gasteiger partial charge in [0.2, 0.25) is 10.0 Å². The van der Waals surface area contributed by atoms with Crippen molar-refractivity contribution in [1.29, 1.82) is 5.26 Å². The van der Waals surface area contributed by atoms with Gasteiger partial charge in [-0.2, -0.15) is 5.26 Å². The number of nitrogens with zero attached hydrogens (tertiary/aromatic N) is 3. The number of sulfonamides is 1. The molecule has 1 fully saturated rings. The number of aromatic nitrogens is 1. The average molecular weight is 330 g/mol. The minimum Gasteiger partial charge on any atom is -0.355 e. The maximum Gasteiger partial charge on any atom is 0.209 e. The van der Waals surface area contributed by atoms with Crippen LogP contribution in [-0.4, -0.2) is 38.8 Å². The summed E-state index contributed by atoms with van der Waals surface area (Å²) in [6.07, 6.45) is 2.86. The number of hydrogen-bond donors (Lipinski definition) is 1. The molecule has 0 amide bonds. The number of benzene rings is 1. The number of fused-ring (bicyclic) bond motifs is 1. The summed E-state index contributed by atoms with van der Waals surface area (Å²) >= 11 is 0. The third-order valence-corrected chi connectivity index (χ3v) is 4.71. The Hall–Kier alpha value is -2.17. The van der Waals surface area contributed by atoms with E-state index in [1.807, 2.05) is 29.2 Å². The molecular weight excluding hydrogens is 312 g/mol. The van der Waals surface area contributed by atoms with Gasteiger partial charge in [0.25, 0.3) is 0 Å². The lowest BCUT2D eigenvalue weighted by atomic mass is 10.1. The lowest BCUT2D eigenvalue weighted by Crippen LogP contribution is -2.47. The highest BCUT2D eigenvalue weighted by molar-refractivity contribution is 7.88. The van der Waals surface area contributed by atoms with Gasteiger partial charge in [0.05, 0.1) is 23.4 Å². The SMILES string of the molecule is CS(=O)(=O)N[C@H]1CCCN(c2cc(C#N)c3ccccc3n2)C1. The molecular formula is C16H18N4O2S.